The maximum Gasteiger partial charge on any atom is 0.321 e. The van der Waals surface area contributed by atoms with Crippen molar-refractivity contribution in [3.63, 3.8) is 0 Å². The van der Waals surface area contributed by atoms with Gasteiger partial charge in [0.1, 0.15) is 17.4 Å². The highest BCUT2D eigenvalue weighted by molar-refractivity contribution is 8.00. The third-order valence-corrected chi connectivity index (χ3v) is 6.58. The predicted molar refractivity (Wildman–Crippen MR) is 125 cm³/mol. The summed E-state index contributed by atoms with van der Waals surface area (Å²) in [6.45, 7) is 7.35. The fourth-order valence-electron chi connectivity index (χ4n) is 3.25. The number of carbonyl (C=O) groups is 2. The van der Waals surface area contributed by atoms with Gasteiger partial charge in [-0.3, -0.25) is 9.59 Å². The molecule has 0 saturated carbocycles. The summed E-state index contributed by atoms with van der Waals surface area (Å²) in [5.41, 5.74) is 2.25. The number of esters is 1. The van der Waals surface area contributed by atoms with Gasteiger partial charge in [0.15, 0.2) is 5.78 Å². The number of thioether (sulfide) groups is 1. The normalized spacial score (nSPS) is 12.2. The van der Waals surface area contributed by atoms with Crippen LogP contribution in [0.3, 0.4) is 0 Å². The van der Waals surface area contributed by atoms with Gasteiger partial charge in [0, 0.05) is 16.3 Å². The highest BCUT2D eigenvalue weighted by atomic mass is 35.5. The van der Waals surface area contributed by atoms with Gasteiger partial charge in [0.25, 0.3) is 0 Å². The first-order valence-electron chi connectivity index (χ1n) is 9.96. The number of ketones is 1. The molecule has 0 spiro atoms. The zero-order chi connectivity index (χ0) is 23.2. The molecule has 0 aliphatic heterocycles. The topological polar surface area (TPSA) is 61.8 Å². The number of halogens is 1. The second-order valence-electron chi connectivity index (χ2n) is 7.53. The van der Waals surface area contributed by atoms with Crippen LogP contribution < -0.4 is 9.47 Å². The molecule has 7 heteroatoms. The van der Waals surface area contributed by atoms with Crippen LogP contribution in [0.2, 0.25) is 5.02 Å². The molecule has 0 saturated heterocycles. The first kappa shape index (κ1) is 25.1. The van der Waals surface area contributed by atoms with Gasteiger partial charge in [-0.2, -0.15) is 0 Å². The molecule has 2 rings (SSSR count). The zero-order valence-electron chi connectivity index (χ0n) is 18.8. The predicted octanol–water partition coefficient (Wildman–Crippen LogP) is 5.59. The van der Waals surface area contributed by atoms with Crippen molar-refractivity contribution in [3.05, 3.63) is 58.1 Å². The average Bonchev–Trinajstić information content (AvgIpc) is 2.74. The standard InChI is InChI=1S/C24H29ClO5S/c1-7-30-23(27)21(20-15(2)12-17(25)13-19(20)29-6)22(26)24(3,4)31-14-16-8-10-18(28-5)11-9-16/h8-13,21H,7,14H2,1-6H3. The van der Waals surface area contributed by atoms with Gasteiger partial charge >= 0.3 is 5.97 Å². The summed E-state index contributed by atoms with van der Waals surface area (Å²) in [6, 6.07) is 11.0. The van der Waals surface area contributed by atoms with Crippen LogP contribution >= 0.6 is 23.4 Å². The van der Waals surface area contributed by atoms with Crippen molar-refractivity contribution in [2.75, 3.05) is 20.8 Å². The summed E-state index contributed by atoms with van der Waals surface area (Å²) in [4.78, 5) is 26.6. The SMILES string of the molecule is CCOC(=O)C(C(=O)C(C)(C)SCc1ccc(OC)cc1)c1c(C)cc(Cl)cc1OC. The average molecular weight is 465 g/mol. The molecule has 0 aromatic heterocycles. The Bertz CT molecular complexity index is 924. The molecule has 31 heavy (non-hydrogen) atoms. The maximum absolute atomic E-state index is 13.7. The highest BCUT2D eigenvalue weighted by Gasteiger charge is 2.42. The van der Waals surface area contributed by atoms with Crippen molar-refractivity contribution in [3.8, 4) is 11.5 Å². The molecule has 0 bridgehead atoms. The molecule has 0 radical (unpaired) electrons. The molecule has 0 amide bonds. The largest absolute Gasteiger partial charge is 0.497 e. The van der Waals surface area contributed by atoms with E-state index in [0.717, 1.165) is 11.3 Å². The van der Waals surface area contributed by atoms with E-state index in [2.05, 4.69) is 0 Å². The number of aryl methyl sites for hydroxylation is 1. The van der Waals surface area contributed by atoms with Crippen molar-refractivity contribution in [1.82, 2.24) is 0 Å². The summed E-state index contributed by atoms with van der Waals surface area (Å²) in [5.74, 6) is -0.160. The number of ether oxygens (including phenoxy) is 3. The Balaban J connectivity index is 2.37. The number of benzene rings is 2. The van der Waals surface area contributed by atoms with Gasteiger partial charge in [0.05, 0.1) is 25.6 Å². The number of methoxy groups -OCH3 is 2. The van der Waals surface area contributed by atoms with Crippen LogP contribution in [0, 0.1) is 6.92 Å². The first-order valence-corrected chi connectivity index (χ1v) is 11.3. The second kappa shape index (κ2) is 10.9. The molecule has 2 aromatic rings. The van der Waals surface area contributed by atoms with Gasteiger partial charge in [-0.25, -0.2) is 0 Å². The number of Topliss-reactive ketones (excluding diaryl/α,β-unsaturated/α-hetero) is 1. The third-order valence-electron chi connectivity index (χ3n) is 4.96. The monoisotopic (exact) mass is 464 g/mol. The molecular weight excluding hydrogens is 436 g/mol. The lowest BCUT2D eigenvalue weighted by atomic mass is 9.85. The Kier molecular flexibility index (Phi) is 8.83. The zero-order valence-corrected chi connectivity index (χ0v) is 20.4. The second-order valence-corrected chi connectivity index (χ2v) is 9.57. The van der Waals surface area contributed by atoms with Gasteiger partial charge < -0.3 is 14.2 Å². The minimum atomic E-state index is -1.11. The molecule has 168 valence electrons. The summed E-state index contributed by atoms with van der Waals surface area (Å²) in [7, 11) is 3.11. The minimum absolute atomic E-state index is 0.178. The lowest BCUT2D eigenvalue weighted by Gasteiger charge is -2.29. The van der Waals surface area contributed by atoms with E-state index >= 15 is 0 Å². The Labute approximate surface area is 193 Å². The fourth-order valence-corrected chi connectivity index (χ4v) is 4.49. The van der Waals surface area contributed by atoms with Gasteiger partial charge in [-0.1, -0.05) is 23.7 Å². The molecular formula is C24H29ClO5S. The molecule has 2 aromatic carbocycles. The lowest BCUT2D eigenvalue weighted by molar-refractivity contribution is -0.148. The third kappa shape index (κ3) is 6.17. The van der Waals surface area contributed by atoms with Crippen molar-refractivity contribution in [2.45, 2.75) is 44.1 Å². The van der Waals surface area contributed by atoms with E-state index < -0.39 is 16.6 Å². The Hall–Kier alpha value is -2.18. The van der Waals surface area contributed by atoms with Crippen LogP contribution in [0.4, 0.5) is 0 Å². The molecule has 1 atom stereocenters. The van der Waals surface area contributed by atoms with E-state index in [9.17, 15) is 9.59 Å². The first-order chi connectivity index (χ1) is 14.6. The van der Waals surface area contributed by atoms with Crippen molar-refractivity contribution in [2.24, 2.45) is 0 Å². The van der Waals surface area contributed by atoms with Crippen molar-refractivity contribution < 1.29 is 23.8 Å². The van der Waals surface area contributed by atoms with Gasteiger partial charge in [-0.15, -0.1) is 11.8 Å². The molecule has 0 aliphatic rings. The molecule has 0 heterocycles. The van der Waals surface area contributed by atoms with E-state index in [1.54, 1.807) is 33.1 Å². The van der Waals surface area contributed by atoms with Gasteiger partial charge in [-0.05, 0) is 63.1 Å². The lowest BCUT2D eigenvalue weighted by Crippen LogP contribution is -2.38. The summed E-state index contributed by atoms with van der Waals surface area (Å²) in [5, 5.41) is 0.473. The van der Waals surface area contributed by atoms with Crippen molar-refractivity contribution in [1.29, 1.82) is 0 Å². The number of carbonyl (C=O) groups excluding carboxylic acids is 2. The summed E-state index contributed by atoms with van der Waals surface area (Å²) < 4.78 is 15.1. The van der Waals surface area contributed by atoms with E-state index in [0.29, 0.717) is 27.7 Å². The summed E-state index contributed by atoms with van der Waals surface area (Å²) in [6.07, 6.45) is 0. The van der Waals surface area contributed by atoms with Crippen LogP contribution in [0.5, 0.6) is 11.5 Å². The highest BCUT2D eigenvalue weighted by Crippen LogP contribution is 2.40. The van der Waals surface area contributed by atoms with E-state index in [1.165, 1.54) is 18.9 Å². The van der Waals surface area contributed by atoms with E-state index in [4.69, 9.17) is 25.8 Å². The van der Waals surface area contributed by atoms with Crippen LogP contribution in [0.15, 0.2) is 36.4 Å². The number of hydrogen-bond donors (Lipinski definition) is 0. The Morgan fingerprint density at radius 2 is 1.74 bits per heavy atom. The summed E-state index contributed by atoms with van der Waals surface area (Å²) >= 11 is 7.63. The minimum Gasteiger partial charge on any atom is -0.497 e. The quantitative estimate of drug-likeness (QED) is 0.337. The van der Waals surface area contributed by atoms with Crippen molar-refractivity contribution >= 4 is 35.1 Å². The maximum atomic E-state index is 13.7. The number of hydrogen-bond acceptors (Lipinski definition) is 6. The molecule has 1 unspecified atom stereocenters. The van der Waals surface area contributed by atoms with Crippen LogP contribution in [0.25, 0.3) is 0 Å². The molecule has 5 nitrogen and oxygen atoms in total. The molecule has 0 aliphatic carbocycles. The number of rotatable bonds is 10. The van der Waals surface area contributed by atoms with Crippen LogP contribution in [-0.2, 0) is 20.1 Å². The Morgan fingerprint density at radius 3 is 2.29 bits per heavy atom. The van der Waals surface area contributed by atoms with E-state index in [-0.39, 0.29) is 12.4 Å². The fraction of sp³-hybridized carbons (Fsp3) is 0.417. The van der Waals surface area contributed by atoms with Crippen LogP contribution in [-0.4, -0.2) is 37.3 Å². The van der Waals surface area contributed by atoms with Crippen LogP contribution in [0.1, 0.15) is 43.4 Å². The smallest absolute Gasteiger partial charge is 0.321 e. The molecule has 0 N–H and O–H groups in total. The Morgan fingerprint density at radius 1 is 1.10 bits per heavy atom. The van der Waals surface area contributed by atoms with Gasteiger partial charge in [0.2, 0.25) is 0 Å². The molecule has 0 fully saturated rings. The van der Waals surface area contributed by atoms with E-state index in [1.807, 2.05) is 38.1 Å².